The average molecular weight is 425 g/mol. The van der Waals surface area contributed by atoms with Crippen molar-refractivity contribution in [2.45, 2.75) is 32.4 Å². The third-order valence-corrected chi connectivity index (χ3v) is 4.95. The van der Waals surface area contributed by atoms with Gasteiger partial charge in [-0.25, -0.2) is 0 Å². The molecule has 2 aromatic rings. The van der Waals surface area contributed by atoms with E-state index < -0.39 is 17.7 Å². The highest BCUT2D eigenvalue weighted by molar-refractivity contribution is 6.46. The topological polar surface area (TPSA) is 96.3 Å². The molecule has 0 bridgehead atoms. The van der Waals surface area contributed by atoms with E-state index in [0.717, 1.165) is 0 Å². The van der Waals surface area contributed by atoms with Crippen LogP contribution >= 0.6 is 0 Å². The molecule has 1 aliphatic rings. The van der Waals surface area contributed by atoms with Crippen LogP contribution in [-0.4, -0.2) is 53.2 Å². The molecule has 3 rings (SSSR count). The standard InChI is InChI=1S/C24H27NO6/c1-15(2)31-19-10-5-8-17(14-19)22(27)20-21(16-7-4-9-18(26)13-16)25(11-6-12-30-3)24(29)23(20)28/h4-5,7-10,13-15,21,26-27H,6,11-12H2,1-3H3/b22-20-. The van der Waals surface area contributed by atoms with Crippen molar-refractivity contribution in [3.05, 3.63) is 65.2 Å². The van der Waals surface area contributed by atoms with E-state index >= 15 is 0 Å². The molecule has 1 fully saturated rings. The second kappa shape index (κ2) is 9.66. The van der Waals surface area contributed by atoms with Crippen LogP contribution in [-0.2, 0) is 14.3 Å². The van der Waals surface area contributed by atoms with Crippen LogP contribution in [0.4, 0.5) is 0 Å². The van der Waals surface area contributed by atoms with Gasteiger partial charge in [-0.1, -0.05) is 24.3 Å². The van der Waals surface area contributed by atoms with Gasteiger partial charge < -0.3 is 24.6 Å². The zero-order valence-corrected chi connectivity index (χ0v) is 17.9. The highest BCUT2D eigenvalue weighted by Gasteiger charge is 2.45. The smallest absolute Gasteiger partial charge is 0.295 e. The molecule has 0 aliphatic carbocycles. The molecule has 0 radical (unpaired) electrons. The molecule has 1 aliphatic heterocycles. The van der Waals surface area contributed by atoms with Crippen LogP contribution in [0.2, 0.25) is 0 Å². The number of amides is 1. The van der Waals surface area contributed by atoms with Crippen molar-refractivity contribution >= 4 is 17.4 Å². The van der Waals surface area contributed by atoms with Gasteiger partial charge in [-0.2, -0.15) is 0 Å². The van der Waals surface area contributed by atoms with E-state index in [1.165, 1.54) is 17.0 Å². The predicted octanol–water partition coefficient (Wildman–Crippen LogP) is 3.64. The summed E-state index contributed by atoms with van der Waals surface area (Å²) in [5, 5.41) is 21.1. The van der Waals surface area contributed by atoms with E-state index in [-0.39, 0.29) is 29.7 Å². The van der Waals surface area contributed by atoms with Gasteiger partial charge in [-0.15, -0.1) is 0 Å². The Morgan fingerprint density at radius 2 is 1.87 bits per heavy atom. The van der Waals surface area contributed by atoms with Crippen LogP contribution in [0.5, 0.6) is 11.5 Å². The predicted molar refractivity (Wildman–Crippen MR) is 116 cm³/mol. The minimum Gasteiger partial charge on any atom is -0.508 e. The van der Waals surface area contributed by atoms with Crippen molar-refractivity contribution < 1.29 is 29.3 Å². The number of Topliss-reactive ketones (excluding diaryl/α,β-unsaturated/α-hetero) is 1. The zero-order valence-electron chi connectivity index (χ0n) is 17.9. The van der Waals surface area contributed by atoms with Crippen molar-refractivity contribution in [2.75, 3.05) is 20.3 Å². The maximum absolute atomic E-state index is 13.0. The molecule has 7 heteroatoms. The Kier molecular flexibility index (Phi) is 6.97. The van der Waals surface area contributed by atoms with Gasteiger partial charge in [-0.3, -0.25) is 9.59 Å². The zero-order chi connectivity index (χ0) is 22.5. The van der Waals surface area contributed by atoms with Crippen LogP contribution < -0.4 is 4.74 Å². The fourth-order valence-electron chi connectivity index (χ4n) is 3.68. The number of carbonyl (C=O) groups is 2. The van der Waals surface area contributed by atoms with E-state index in [1.807, 2.05) is 13.8 Å². The summed E-state index contributed by atoms with van der Waals surface area (Å²) in [7, 11) is 1.56. The van der Waals surface area contributed by atoms with Crippen LogP contribution in [0.15, 0.2) is 54.1 Å². The number of benzene rings is 2. The van der Waals surface area contributed by atoms with Crippen LogP contribution in [0.25, 0.3) is 5.76 Å². The molecule has 0 aromatic heterocycles. The van der Waals surface area contributed by atoms with E-state index in [2.05, 4.69) is 0 Å². The number of nitrogens with zero attached hydrogens (tertiary/aromatic N) is 1. The quantitative estimate of drug-likeness (QED) is 0.290. The number of ketones is 1. The van der Waals surface area contributed by atoms with Crippen molar-refractivity contribution in [1.82, 2.24) is 4.90 Å². The van der Waals surface area contributed by atoms with Crippen LogP contribution in [0.3, 0.4) is 0 Å². The number of phenolic OH excluding ortho intramolecular Hbond substituents is 1. The number of aliphatic hydroxyl groups excluding tert-OH is 1. The van der Waals surface area contributed by atoms with Crippen molar-refractivity contribution in [2.24, 2.45) is 0 Å². The molecule has 2 aromatic carbocycles. The lowest BCUT2D eigenvalue weighted by Crippen LogP contribution is -2.31. The van der Waals surface area contributed by atoms with Gasteiger partial charge in [0.2, 0.25) is 0 Å². The molecule has 31 heavy (non-hydrogen) atoms. The van der Waals surface area contributed by atoms with Gasteiger partial charge >= 0.3 is 0 Å². The third-order valence-electron chi connectivity index (χ3n) is 4.95. The van der Waals surface area contributed by atoms with Gasteiger partial charge in [-0.05, 0) is 50.1 Å². The molecule has 1 unspecified atom stereocenters. The summed E-state index contributed by atoms with van der Waals surface area (Å²) >= 11 is 0. The molecule has 1 saturated heterocycles. The summed E-state index contributed by atoms with van der Waals surface area (Å²) in [6.45, 7) is 4.47. The molecule has 7 nitrogen and oxygen atoms in total. The lowest BCUT2D eigenvalue weighted by atomic mass is 9.95. The number of phenols is 1. The summed E-state index contributed by atoms with van der Waals surface area (Å²) in [6.07, 6.45) is 0.465. The van der Waals surface area contributed by atoms with E-state index in [4.69, 9.17) is 9.47 Å². The number of aromatic hydroxyl groups is 1. The maximum atomic E-state index is 13.0. The van der Waals surface area contributed by atoms with Gasteiger partial charge in [0.1, 0.15) is 17.3 Å². The normalized spacial score (nSPS) is 18.1. The highest BCUT2D eigenvalue weighted by Crippen LogP contribution is 2.40. The molecular weight excluding hydrogens is 398 g/mol. The van der Waals surface area contributed by atoms with E-state index in [9.17, 15) is 19.8 Å². The van der Waals surface area contributed by atoms with Crippen molar-refractivity contribution in [3.8, 4) is 11.5 Å². The summed E-state index contributed by atoms with van der Waals surface area (Å²) in [5.74, 6) is -1.19. The number of carbonyl (C=O) groups excluding carboxylic acids is 2. The Labute approximate surface area is 181 Å². The van der Waals surface area contributed by atoms with Gasteiger partial charge in [0.05, 0.1) is 17.7 Å². The number of aliphatic hydroxyl groups is 1. The fourth-order valence-corrected chi connectivity index (χ4v) is 3.68. The number of hydrogen-bond donors (Lipinski definition) is 2. The van der Waals surface area contributed by atoms with Crippen LogP contribution in [0, 0.1) is 0 Å². The molecule has 0 saturated carbocycles. The minimum absolute atomic E-state index is 0.00677. The van der Waals surface area contributed by atoms with E-state index in [1.54, 1.807) is 43.5 Å². The molecule has 1 heterocycles. The highest BCUT2D eigenvalue weighted by atomic mass is 16.5. The Hall–Kier alpha value is -3.32. The Morgan fingerprint density at radius 3 is 2.55 bits per heavy atom. The number of rotatable bonds is 8. The first-order valence-electron chi connectivity index (χ1n) is 10.2. The first-order valence-corrected chi connectivity index (χ1v) is 10.2. The molecule has 2 N–H and O–H groups in total. The Morgan fingerprint density at radius 1 is 1.13 bits per heavy atom. The second-order valence-electron chi connectivity index (χ2n) is 7.63. The first-order chi connectivity index (χ1) is 14.8. The van der Waals surface area contributed by atoms with Gasteiger partial charge in [0, 0.05) is 25.8 Å². The summed E-state index contributed by atoms with van der Waals surface area (Å²) in [6, 6.07) is 12.3. The van der Waals surface area contributed by atoms with Gasteiger partial charge in [0.25, 0.3) is 11.7 Å². The molecule has 0 spiro atoms. The summed E-state index contributed by atoms with van der Waals surface area (Å²) < 4.78 is 10.8. The lowest BCUT2D eigenvalue weighted by Gasteiger charge is -2.25. The SMILES string of the molecule is COCCCN1C(=O)C(=O)/C(=C(\O)c2cccc(OC(C)C)c2)C1c1cccc(O)c1. The maximum Gasteiger partial charge on any atom is 0.295 e. The first kappa shape index (κ1) is 22.4. The summed E-state index contributed by atoms with van der Waals surface area (Å²) in [4.78, 5) is 27.2. The number of ether oxygens (including phenoxy) is 2. The number of hydrogen-bond acceptors (Lipinski definition) is 6. The minimum atomic E-state index is -0.821. The fraction of sp³-hybridized carbons (Fsp3) is 0.333. The number of methoxy groups -OCH3 is 1. The largest absolute Gasteiger partial charge is 0.508 e. The molecule has 1 atom stereocenters. The van der Waals surface area contributed by atoms with Crippen molar-refractivity contribution in [1.29, 1.82) is 0 Å². The van der Waals surface area contributed by atoms with Crippen molar-refractivity contribution in [3.63, 3.8) is 0 Å². The van der Waals surface area contributed by atoms with Gasteiger partial charge in [0.15, 0.2) is 0 Å². The van der Waals surface area contributed by atoms with E-state index in [0.29, 0.717) is 29.9 Å². The second-order valence-corrected chi connectivity index (χ2v) is 7.63. The Balaban J connectivity index is 2.10. The number of likely N-dealkylation sites (tertiary alicyclic amines) is 1. The average Bonchev–Trinajstić information content (AvgIpc) is 2.98. The monoisotopic (exact) mass is 425 g/mol. The Bertz CT molecular complexity index is 997. The van der Waals surface area contributed by atoms with Crippen LogP contribution in [0.1, 0.15) is 37.4 Å². The third kappa shape index (κ3) is 4.88. The molecule has 164 valence electrons. The molecule has 1 amide bonds. The lowest BCUT2D eigenvalue weighted by molar-refractivity contribution is -0.140. The molecular formula is C24H27NO6. The summed E-state index contributed by atoms with van der Waals surface area (Å²) in [5.41, 5.74) is 0.890.